The summed E-state index contributed by atoms with van der Waals surface area (Å²) >= 11 is 0. The Hall–Kier alpha value is -0.860. The first-order valence-electron chi connectivity index (χ1n) is 6.32. The van der Waals surface area contributed by atoms with Crippen LogP contribution >= 0.6 is 0 Å². The van der Waals surface area contributed by atoms with E-state index in [1.54, 1.807) is 0 Å². The maximum absolute atomic E-state index is 9.15. The second-order valence-electron chi connectivity index (χ2n) is 5.68. The van der Waals surface area contributed by atoms with Crippen LogP contribution in [-0.2, 0) is 6.42 Å². The second-order valence-corrected chi connectivity index (χ2v) is 5.68. The van der Waals surface area contributed by atoms with Gasteiger partial charge in [-0.3, -0.25) is 0 Å². The van der Waals surface area contributed by atoms with Gasteiger partial charge in [-0.1, -0.05) is 37.6 Å². The lowest BCUT2D eigenvalue weighted by molar-refractivity contribution is 0.157. The van der Waals surface area contributed by atoms with Crippen LogP contribution in [0.15, 0.2) is 18.2 Å². The third-order valence-electron chi connectivity index (χ3n) is 3.11. The summed E-state index contributed by atoms with van der Waals surface area (Å²) in [6.45, 7) is 10.5. The molecule has 0 aliphatic rings. The van der Waals surface area contributed by atoms with Crippen LogP contribution in [0.5, 0.6) is 0 Å². The Morgan fingerprint density at radius 2 is 1.94 bits per heavy atom. The van der Waals surface area contributed by atoms with Gasteiger partial charge in [0.2, 0.25) is 0 Å². The normalized spacial score (nSPS) is 11.8. The Kier molecular flexibility index (Phi) is 5.16. The number of aliphatic hydroxyl groups excluding tert-OH is 1. The third-order valence-corrected chi connectivity index (χ3v) is 3.11. The molecule has 1 aromatic rings. The highest BCUT2D eigenvalue weighted by atomic mass is 16.3. The van der Waals surface area contributed by atoms with Gasteiger partial charge < -0.3 is 10.4 Å². The molecule has 0 saturated carbocycles. The van der Waals surface area contributed by atoms with Gasteiger partial charge in [0, 0.05) is 18.6 Å². The highest BCUT2D eigenvalue weighted by Crippen LogP contribution is 2.12. The SMILES string of the molecule is Cc1ccc(C)c(CCNCC(C)(C)CO)c1. The van der Waals surface area contributed by atoms with Crippen molar-refractivity contribution in [2.24, 2.45) is 5.41 Å². The lowest BCUT2D eigenvalue weighted by atomic mass is 9.95. The first-order valence-corrected chi connectivity index (χ1v) is 6.32. The second kappa shape index (κ2) is 6.18. The minimum absolute atomic E-state index is 0.0261. The molecule has 2 N–H and O–H groups in total. The monoisotopic (exact) mass is 235 g/mol. The number of hydrogen-bond acceptors (Lipinski definition) is 2. The maximum Gasteiger partial charge on any atom is 0.0494 e. The number of rotatable bonds is 6. The molecule has 0 atom stereocenters. The van der Waals surface area contributed by atoms with Crippen molar-refractivity contribution in [2.45, 2.75) is 34.1 Å². The van der Waals surface area contributed by atoms with Gasteiger partial charge in [-0.2, -0.15) is 0 Å². The molecular weight excluding hydrogens is 210 g/mol. The van der Waals surface area contributed by atoms with E-state index in [1.165, 1.54) is 16.7 Å². The molecule has 0 amide bonds. The average molecular weight is 235 g/mol. The molecule has 96 valence electrons. The maximum atomic E-state index is 9.15. The molecule has 2 heteroatoms. The average Bonchev–Trinajstić information content (AvgIpc) is 2.29. The number of benzene rings is 1. The van der Waals surface area contributed by atoms with Gasteiger partial charge in [0.15, 0.2) is 0 Å². The summed E-state index contributed by atoms with van der Waals surface area (Å²) in [6, 6.07) is 6.59. The molecule has 0 spiro atoms. The molecule has 17 heavy (non-hydrogen) atoms. The first kappa shape index (κ1) is 14.2. The fourth-order valence-corrected chi connectivity index (χ4v) is 1.78. The number of nitrogens with one attached hydrogen (secondary N) is 1. The minimum atomic E-state index is -0.0261. The molecule has 1 rings (SSSR count). The fourth-order valence-electron chi connectivity index (χ4n) is 1.78. The zero-order valence-electron chi connectivity index (χ0n) is 11.5. The molecule has 0 bridgehead atoms. The van der Waals surface area contributed by atoms with Crippen molar-refractivity contribution in [3.8, 4) is 0 Å². The summed E-state index contributed by atoms with van der Waals surface area (Å²) in [7, 11) is 0. The molecule has 0 aliphatic carbocycles. The summed E-state index contributed by atoms with van der Waals surface area (Å²) in [5.41, 5.74) is 4.07. The smallest absolute Gasteiger partial charge is 0.0494 e. The van der Waals surface area contributed by atoms with Crippen LogP contribution in [0.25, 0.3) is 0 Å². The summed E-state index contributed by atoms with van der Waals surface area (Å²) in [4.78, 5) is 0. The van der Waals surface area contributed by atoms with Gasteiger partial charge in [0.1, 0.15) is 0 Å². The van der Waals surface area contributed by atoms with Crippen LogP contribution in [0.4, 0.5) is 0 Å². The van der Waals surface area contributed by atoms with E-state index >= 15 is 0 Å². The van der Waals surface area contributed by atoms with Crippen LogP contribution in [0, 0.1) is 19.3 Å². The van der Waals surface area contributed by atoms with Gasteiger partial charge in [-0.25, -0.2) is 0 Å². The molecule has 0 saturated heterocycles. The van der Waals surface area contributed by atoms with Gasteiger partial charge in [0.25, 0.3) is 0 Å². The van der Waals surface area contributed by atoms with Crippen LogP contribution in [-0.4, -0.2) is 24.8 Å². The molecule has 0 fully saturated rings. The fraction of sp³-hybridized carbons (Fsp3) is 0.600. The lowest BCUT2D eigenvalue weighted by Crippen LogP contribution is -2.33. The van der Waals surface area contributed by atoms with Crippen molar-refractivity contribution in [1.29, 1.82) is 0 Å². The zero-order chi connectivity index (χ0) is 12.9. The van der Waals surface area contributed by atoms with E-state index in [1.807, 2.05) is 0 Å². The molecular formula is C15H25NO. The van der Waals surface area contributed by atoms with E-state index < -0.39 is 0 Å². The van der Waals surface area contributed by atoms with Crippen molar-refractivity contribution < 1.29 is 5.11 Å². The molecule has 2 nitrogen and oxygen atoms in total. The van der Waals surface area contributed by atoms with E-state index in [2.05, 4.69) is 51.2 Å². The van der Waals surface area contributed by atoms with Crippen LogP contribution in [0.3, 0.4) is 0 Å². The molecule has 0 aliphatic heterocycles. The number of aliphatic hydroxyl groups is 1. The molecule has 0 unspecified atom stereocenters. The van der Waals surface area contributed by atoms with E-state index in [0.29, 0.717) is 0 Å². The Morgan fingerprint density at radius 1 is 1.24 bits per heavy atom. The van der Waals surface area contributed by atoms with E-state index in [4.69, 9.17) is 5.11 Å². The predicted molar refractivity (Wildman–Crippen MR) is 73.4 cm³/mol. The van der Waals surface area contributed by atoms with Crippen LogP contribution in [0.2, 0.25) is 0 Å². The molecule has 0 aromatic heterocycles. The number of hydrogen-bond donors (Lipinski definition) is 2. The number of aryl methyl sites for hydroxylation is 2. The third kappa shape index (κ3) is 4.88. The molecule has 1 aromatic carbocycles. The summed E-state index contributed by atoms with van der Waals surface area (Å²) in [6.07, 6.45) is 1.05. The van der Waals surface area contributed by atoms with Gasteiger partial charge in [-0.15, -0.1) is 0 Å². The lowest BCUT2D eigenvalue weighted by Gasteiger charge is -2.22. The predicted octanol–water partition coefficient (Wildman–Crippen LogP) is 2.45. The Balaban J connectivity index is 2.38. The first-order chi connectivity index (χ1) is 7.94. The van der Waals surface area contributed by atoms with Crippen molar-refractivity contribution in [1.82, 2.24) is 5.32 Å². The van der Waals surface area contributed by atoms with Crippen molar-refractivity contribution >= 4 is 0 Å². The van der Waals surface area contributed by atoms with Gasteiger partial charge in [0.05, 0.1) is 0 Å². The van der Waals surface area contributed by atoms with E-state index in [0.717, 1.165) is 19.5 Å². The van der Waals surface area contributed by atoms with Crippen molar-refractivity contribution in [3.05, 3.63) is 34.9 Å². The Labute approximate surface area is 105 Å². The summed E-state index contributed by atoms with van der Waals surface area (Å²) in [5.74, 6) is 0. The van der Waals surface area contributed by atoms with Crippen LogP contribution < -0.4 is 5.32 Å². The quantitative estimate of drug-likeness (QED) is 0.742. The minimum Gasteiger partial charge on any atom is -0.396 e. The molecule has 0 radical (unpaired) electrons. The zero-order valence-corrected chi connectivity index (χ0v) is 11.5. The summed E-state index contributed by atoms with van der Waals surface area (Å²) in [5, 5.41) is 12.6. The van der Waals surface area contributed by atoms with Crippen LogP contribution in [0.1, 0.15) is 30.5 Å². The largest absolute Gasteiger partial charge is 0.396 e. The standard InChI is InChI=1S/C15H25NO/c1-12-5-6-13(2)14(9-12)7-8-16-10-15(3,4)11-17/h5-6,9,16-17H,7-8,10-11H2,1-4H3. The highest BCUT2D eigenvalue weighted by molar-refractivity contribution is 5.30. The summed E-state index contributed by atoms with van der Waals surface area (Å²) < 4.78 is 0. The Bertz CT molecular complexity index is 358. The molecule has 0 heterocycles. The van der Waals surface area contributed by atoms with Crippen molar-refractivity contribution in [3.63, 3.8) is 0 Å². The highest BCUT2D eigenvalue weighted by Gasteiger charge is 2.15. The van der Waals surface area contributed by atoms with Gasteiger partial charge in [-0.05, 0) is 37.9 Å². The topological polar surface area (TPSA) is 32.3 Å². The van der Waals surface area contributed by atoms with Gasteiger partial charge >= 0.3 is 0 Å². The van der Waals surface area contributed by atoms with Crippen molar-refractivity contribution in [2.75, 3.05) is 19.7 Å². The Morgan fingerprint density at radius 3 is 2.59 bits per heavy atom. The van der Waals surface area contributed by atoms with E-state index in [9.17, 15) is 0 Å². The van der Waals surface area contributed by atoms with E-state index in [-0.39, 0.29) is 12.0 Å².